The summed E-state index contributed by atoms with van der Waals surface area (Å²) >= 11 is 0. The second-order valence-corrected chi connectivity index (χ2v) is 8.00. The summed E-state index contributed by atoms with van der Waals surface area (Å²) in [6, 6.07) is 9.74. The van der Waals surface area contributed by atoms with Gasteiger partial charge < -0.3 is 14.3 Å². The van der Waals surface area contributed by atoms with Gasteiger partial charge in [-0.05, 0) is 19.4 Å². The van der Waals surface area contributed by atoms with Gasteiger partial charge in [-0.3, -0.25) is 4.79 Å². The number of benzene rings is 1. The number of amides is 1. The number of aromatic nitrogens is 4. The first kappa shape index (κ1) is 21.4. The van der Waals surface area contributed by atoms with Gasteiger partial charge in [0.25, 0.3) is 5.91 Å². The Balaban J connectivity index is 1.57. The van der Waals surface area contributed by atoms with Crippen LogP contribution in [0.15, 0.2) is 45.5 Å². The summed E-state index contributed by atoms with van der Waals surface area (Å²) in [7, 11) is 0. The average Bonchev–Trinajstić information content (AvgIpc) is 3.36. The molecule has 1 amide bonds. The third-order valence-corrected chi connectivity index (χ3v) is 5.01. The summed E-state index contributed by atoms with van der Waals surface area (Å²) in [5.74, 6) is 2.01. The number of carbonyl (C=O) groups is 1. The smallest absolute Gasteiger partial charge is 0.289 e. The molecule has 0 saturated heterocycles. The Bertz CT molecular complexity index is 1260. The summed E-state index contributed by atoms with van der Waals surface area (Å²) in [5.41, 5.74) is 4.81. The Kier molecular flexibility index (Phi) is 5.85. The lowest BCUT2D eigenvalue weighted by Crippen LogP contribution is -2.23. The van der Waals surface area contributed by atoms with Gasteiger partial charge in [0.1, 0.15) is 5.82 Å². The van der Waals surface area contributed by atoms with Crippen molar-refractivity contribution in [1.82, 2.24) is 25.4 Å². The van der Waals surface area contributed by atoms with Gasteiger partial charge in [-0.25, -0.2) is 15.0 Å². The topological polar surface area (TPSA) is 107 Å². The van der Waals surface area contributed by atoms with E-state index in [2.05, 4.69) is 34.3 Å². The highest BCUT2D eigenvalue weighted by Crippen LogP contribution is 2.31. The highest BCUT2D eigenvalue weighted by molar-refractivity contribution is 5.92. The zero-order chi connectivity index (χ0) is 22.8. The standard InChI is InChI=1S/C24H25N5O3/c1-13(2)23-25-12-19(20-10-14(3)29-32-20)21(28-23)18-8-6-17(7-9-18)11-26-24(30)22-15(4)27-16(5)31-22/h6-10,12-13H,11H2,1-5H3,(H,26,30). The van der Waals surface area contributed by atoms with Gasteiger partial charge in [0.2, 0.25) is 5.76 Å². The molecule has 0 aliphatic rings. The first-order valence-electron chi connectivity index (χ1n) is 10.4. The molecule has 0 radical (unpaired) electrons. The molecule has 32 heavy (non-hydrogen) atoms. The quantitative estimate of drug-likeness (QED) is 0.469. The molecule has 1 N–H and O–H groups in total. The van der Waals surface area contributed by atoms with Gasteiger partial charge in [0, 0.05) is 37.2 Å². The maximum absolute atomic E-state index is 12.4. The van der Waals surface area contributed by atoms with Gasteiger partial charge in [0.05, 0.1) is 22.6 Å². The van der Waals surface area contributed by atoms with E-state index in [9.17, 15) is 4.79 Å². The maximum atomic E-state index is 12.4. The van der Waals surface area contributed by atoms with E-state index in [1.165, 1.54) is 0 Å². The van der Waals surface area contributed by atoms with Crippen molar-refractivity contribution in [2.75, 3.05) is 0 Å². The number of carbonyl (C=O) groups excluding carboxylic acids is 1. The monoisotopic (exact) mass is 431 g/mol. The number of aryl methyl sites for hydroxylation is 3. The number of rotatable bonds is 6. The normalized spacial score (nSPS) is 11.2. The Morgan fingerprint density at radius 1 is 1.09 bits per heavy atom. The minimum Gasteiger partial charge on any atom is -0.436 e. The van der Waals surface area contributed by atoms with Crippen LogP contribution < -0.4 is 5.32 Å². The largest absolute Gasteiger partial charge is 0.436 e. The van der Waals surface area contributed by atoms with Crippen LogP contribution in [0.25, 0.3) is 22.6 Å². The van der Waals surface area contributed by atoms with Crippen LogP contribution in [0.4, 0.5) is 0 Å². The Morgan fingerprint density at radius 3 is 2.44 bits per heavy atom. The molecule has 0 saturated carbocycles. The predicted octanol–water partition coefficient (Wildman–Crippen LogP) is 4.77. The molecule has 8 heteroatoms. The minimum absolute atomic E-state index is 0.192. The van der Waals surface area contributed by atoms with E-state index < -0.39 is 0 Å². The van der Waals surface area contributed by atoms with Crippen molar-refractivity contribution in [2.45, 2.75) is 47.1 Å². The van der Waals surface area contributed by atoms with Crippen molar-refractivity contribution in [3.05, 3.63) is 71.0 Å². The summed E-state index contributed by atoms with van der Waals surface area (Å²) in [4.78, 5) is 25.8. The van der Waals surface area contributed by atoms with E-state index in [4.69, 9.17) is 13.9 Å². The van der Waals surface area contributed by atoms with Crippen molar-refractivity contribution in [1.29, 1.82) is 0 Å². The molecule has 0 spiro atoms. The van der Waals surface area contributed by atoms with E-state index >= 15 is 0 Å². The first-order valence-corrected chi connectivity index (χ1v) is 10.4. The lowest BCUT2D eigenvalue weighted by molar-refractivity contribution is 0.0921. The Labute approximate surface area is 186 Å². The molecular weight excluding hydrogens is 406 g/mol. The second-order valence-electron chi connectivity index (χ2n) is 8.00. The Morgan fingerprint density at radius 2 is 1.84 bits per heavy atom. The number of oxazole rings is 1. The van der Waals surface area contributed by atoms with Gasteiger partial charge in [-0.2, -0.15) is 0 Å². The fourth-order valence-electron chi connectivity index (χ4n) is 3.35. The molecule has 0 fully saturated rings. The summed E-state index contributed by atoms with van der Waals surface area (Å²) < 4.78 is 10.8. The van der Waals surface area contributed by atoms with Gasteiger partial charge in [-0.15, -0.1) is 0 Å². The lowest BCUT2D eigenvalue weighted by Gasteiger charge is -2.11. The molecular formula is C24H25N5O3. The molecule has 3 heterocycles. The predicted molar refractivity (Wildman–Crippen MR) is 119 cm³/mol. The molecule has 0 atom stereocenters. The molecule has 8 nitrogen and oxygen atoms in total. The van der Waals surface area contributed by atoms with Crippen molar-refractivity contribution in [3.63, 3.8) is 0 Å². The molecule has 3 aromatic heterocycles. The highest BCUT2D eigenvalue weighted by atomic mass is 16.5. The zero-order valence-corrected chi connectivity index (χ0v) is 18.8. The number of hydrogen-bond acceptors (Lipinski definition) is 7. The van der Waals surface area contributed by atoms with E-state index in [0.29, 0.717) is 23.9 Å². The van der Waals surface area contributed by atoms with Crippen LogP contribution in [0.3, 0.4) is 0 Å². The number of nitrogens with zero attached hydrogens (tertiary/aromatic N) is 4. The van der Waals surface area contributed by atoms with E-state index in [0.717, 1.165) is 33.9 Å². The lowest BCUT2D eigenvalue weighted by atomic mass is 10.0. The molecule has 4 aromatic rings. The van der Waals surface area contributed by atoms with Gasteiger partial charge in [-0.1, -0.05) is 43.3 Å². The molecule has 164 valence electrons. The van der Waals surface area contributed by atoms with Crippen molar-refractivity contribution >= 4 is 5.91 Å². The van der Waals surface area contributed by atoms with Gasteiger partial charge >= 0.3 is 0 Å². The third-order valence-electron chi connectivity index (χ3n) is 5.01. The summed E-state index contributed by atoms with van der Waals surface area (Å²) in [5, 5.41) is 6.86. The Hall–Kier alpha value is -3.81. The first-order chi connectivity index (χ1) is 15.3. The zero-order valence-electron chi connectivity index (χ0n) is 18.8. The molecule has 0 bridgehead atoms. The highest BCUT2D eigenvalue weighted by Gasteiger charge is 2.18. The number of hydrogen-bond donors (Lipinski definition) is 1. The van der Waals surface area contributed by atoms with E-state index in [-0.39, 0.29) is 17.6 Å². The summed E-state index contributed by atoms with van der Waals surface area (Å²) in [6.07, 6.45) is 1.79. The molecule has 0 unspecified atom stereocenters. The van der Waals surface area contributed by atoms with Crippen LogP contribution in [0.2, 0.25) is 0 Å². The van der Waals surface area contributed by atoms with Crippen LogP contribution in [-0.2, 0) is 6.54 Å². The van der Waals surface area contributed by atoms with Crippen molar-refractivity contribution < 1.29 is 13.7 Å². The van der Waals surface area contributed by atoms with Crippen LogP contribution >= 0.6 is 0 Å². The summed E-state index contributed by atoms with van der Waals surface area (Å²) in [6.45, 7) is 9.83. The van der Waals surface area contributed by atoms with Crippen LogP contribution in [0.1, 0.15) is 59.0 Å². The SMILES string of the molecule is Cc1cc(-c2cnc(C(C)C)nc2-c2ccc(CNC(=O)c3oc(C)nc3C)cc2)on1. The van der Waals surface area contributed by atoms with E-state index in [1.54, 1.807) is 20.0 Å². The average molecular weight is 431 g/mol. The van der Waals surface area contributed by atoms with E-state index in [1.807, 2.05) is 37.3 Å². The van der Waals surface area contributed by atoms with Crippen LogP contribution in [-0.4, -0.2) is 26.0 Å². The third kappa shape index (κ3) is 4.44. The van der Waals surface area contributed by atoms with Gasteiger partial charge in [0.15, 0.2) is 11.7 Å². The van der Waals surface area contributed by atoms with Crippen LogP contribution in [0.5, 0.6) is 0 Å². The van der Waals surface area contributed by atoms with Crippen molar-refractivity contribution in [2.24, 2.45) is 0 Å². The fourth-order valence-corrected chi connectivity index (χ4v) is 3.35. The molecule has 4 rings (SSSR count). The molecule has 0 aliphatic carbocycles. The molecule has 0 aliphatic heterocycles. The maximum Gasteiger partial charge on any atom is 0.289 e. The minimum atomic E-state index is -0.285. The van der Waals surface area contributed by atoms with Crippen LogP contribution in [0, 0.1) is 20.8 Å². The van der Waals surface area contributed by atoms with Crippen molar-refractivity contribution in [3.8, 4) is 22.6 Å². The second kappa shape index (κ2) is 8.74. The molecule has 1 aromatic carbocycles. The number of nitrogens with one attached hydrogen (secondary N) is 1. The fraction of sp³-hybridized carbons (Fsp3) is 0.292.